The molecule has 6 nitrogen and oxygen atoms in total. The summed E-state index contributed by atoms with van der Waals surface area (Å²) in [5, 5.41) is 3.24. The number of barbiturate groups is 1. The summed E-state index contributed by atoms with van der Waals surface area (Å²) in [6.07, 6.45) is 4.02. The number of aryl methyl sites for hydroxylation is 1. The molecule has 6 heteroatoms. The number of benzene rings is 2. The summed E-state index contributed by atoms with van der Waals surface area (Å²) in [6, 6.07) is 16.8. The highest BCUT2D eigenvalue weighted by Crippen LogP contribution is 2.25. The fraction of sp³-hybridized carbons (Fsp3) is 0.174. The normalized spacial score (nSPS) is 16.0. The maximum atomic E-state index is 13.0. The Kier molecular flexibility index (Phi) is 4.99. The monoisotopic (exact) mass is 387 g/mol. The highest BCUT2D eigenvalue weighted by Gasteiger charge is 2.35. The fourth-order valence-electron chi connectivity index (χ4n) is 3.59. The topological polar surface area (TPSA) is 71.4 Å². The molecule has 1 saturated heterocycles. The van der Waals surface area contributed by atoms with Gasteiger partial charge in [0.15, 0.2) is 0 Å². The van der Waals surface area contributed by atoms with Gasteiger partial charge in [-0.15, -0.1) is 0 Å². The second-order valence-electron chi connectivity index (χ2n) is 6.90. The van der Waals surface area contributed by atoms with Crippen molar-refractivity contribution in [2.24, 2.45) is 0 Å². The van der Waals surface area contributed by atoms with Gasteiger partial charge >= 0.3 is 6.03 Å². The van der Waals surface area contributed by atoms with Gasteiger partial charge in [-0.05, 0) is 31.1 Å². The van der Waals surface area contributed by atoms with E-state index in [0.717, 1.165) is 33.5 Å². The second kappa shape index (κ2) is 7.75. The van der Waals surface area contributed by atoms with Gasteiger partial charge < -0.3 is 4.57 Å². The lowest BCUT2D eigenvalue weighted by Crippen LogP contribution is -2.54. The number of amides is 4. The maximum Gasteiger partial charge on any atom is 0.331 e. The average molecular weight is 387 g/mol. The van der Waals surface area contributed by atoms with Gasteiger partial charge in [0.1, 0.15) is 5.57 Å². The first-order valence-corrected chi connectivity index (χ1v) is 9.59. The van der Waals surface area contributed by atoms with E-state index < -0.39 is 17.8 Å². The minimum atomic E-state index is -0.677. The molecule has 0 bridgehead atoms. The van der Waals surface area contributed by atoms with Crippen LogP contribution in [0, 0.1) is 0 Å². The third-order valence-corrected chi connectivity index (χ3v) is 5.11. The molecule has 3 aromatic rings. The highest BCUT2D eigenvalue weighted by atomic mass is 16.2. The molecule has 2 aromatic carbocycles. The van der Waals surface area contributed by atoms with Crippen LogP contribution in [0.2, 0.25) is 0 Å². The summed E-state index contributed by atoms with van der Waals surface area (Å²) < 4.78 is 2.06. The molecule has 1 N–H and O–H groups in total. The predicted octanol–water partition coefficient (Wildman–Crippen LogP) is 3.37. The van der Waals surface area contributed by atoms with Crippen molar-refractivity contribution < 1.29 is 14.4 Å². The minimum Gasteiger partial charge on any atom is -0.347 e. The molecule has 1 fully saturated rings. The molecule has 4 amide bonds. The van der Waals surface area contributed by atoms with Crippen molar-refractivity contribution in [2.45, 2.75) is 19.9 Å². The standard InChI is InChI=1S/C23H21N3O3/c1-2-25-15-17(18-10-6-7-11-20(18)25)14-19-21(27)24-23(29)26(22(19)28)13-12-16-8-4-3-5-9-16/h3-11,14-15H,2,12-13H2,1H3,(H,24,27,29)/b19-14-. The van der Waals surface area contributed by atoms with Crippen LogP contribution in [-0.4, -0.2) is 33.9 Å². The molecular formula is C23H21N3O3. The second-order valence-corrected chi connectivity index (χ2v) is 6.90. The van der Waals surface area contributed by atoms with E-state index in [9.17, 15) is 14.4 Å². The number of aromatic nitrogens is 1. The number of nitrogens with zero attached hydrogens (tertiary/aromatic N) is 2. The minimum absolute atomic E-state index is 0.0309. The smallest absolute Gasteiger partial charge is 0.331 e. The lowest BCUT2D eigenvalue weighted by atomic mass is 10.1. The molecule has 29 heavy (non-hydrogen) atoms. The predicted molar refractivity (Wildman–Crippen MR) is 111 cm³/mol. The molecule has 0 radical (unpaired) electrons. The lowest BCUT2D eigenvalue weighted by Gasteiger charge is -2.26. The lowest BCUT2D eigenvalue weighted by molar-refractivity contribution is -0.130. The van der Waals surface area contributed by atoms with Gasteiger partial charge in [0.2, 0.25) is 0 Å². The zero-order chi connectivity index (χ0) is 20.4. The molecule has 0 unspecified atom stereocenters. The molecule has 0 aliphatic carbocycles. The van der Waals surface area contributed by atoms with E-state index in [4.69, 9.17) is 0 Å². The van der Waals surface area contributed by atoms with Gasteiger partial charge in [0.25, 0.3) is 11.8 Å². The van der Waals surface area contributed by atoms with Crippen molar-refractivity contribution in [3.8, 4) is 0 Å². The molecule has 1 aromatic heterocycles. The number of nitrogens with one attached hydrogen (secondary N) is 1. The molecule has 4 rings (SSSR count). The number of carbonyl (C=O) groups is 3. The van der Waals surface area contributed by atoms with E-state index in [0.29, 0.717) is 6.42 Å². The Balaban J connectivity index is 1.65. The first-order valence-electron chi connectivity index (χ1n) is 9.59. The van der Waals surface area contributed by atoms with Crippen LogP contribution in [-0.2, 0) is 22.6 Å². The van der Waals surface area contributed by atoms with E-state index >= 15 is 0 Å². The molecule has 1 aliphatic heterocycles. The molecule has 146 valence electrons. The van der Waals surface area contributed by atoms with Crippen LogP contribution >= 0.6 is 0 Å². The number of urea groups is 1. The van der Waals surface area contributed by atoms with Gasteiger partial charge in [-0.25, -0.2) is 4.79 Å². The zero-order valence-electron chi connectivity index (χ0n) is 16.1. The molecule has 0 saturated carbocycles. The summed E-state index contributed by atoms with van der Waals surface area (Å²) in [7, 11) is 0. The van der Waals surface area contributed by atoms with Gasteiger partial charge in [0, 0.05) is 35.8 Å². The summed E-state index contributed by atoms with van der Waals surface area (Å²) in [5.41, 5.74) is 2.79. The van der Waals surface area contributed by atoms with Crippen molar-refractivity contribution in [2.75, 3.05) is 6.54 Å². The number of imide groups is 2. The summed E-state index contributed by atoms with van der Waals surface area (Å²) in [6.45, 7) is 3.01. The van der Waals surface area contributed by atoms with Crippen LogP contribution < -0.4 is 5.32 Å². The number of rotatable bonds is 5. The summed E-state index contributed by atoms with van der Waals surface area (Å²) >= 11 is 0. The Hall–Kier alpha value is -3.67. The van der Waals surface area contributed by atoms with Gasteiger partial charge in [-0.3, -0.25) is 19.8 Å². The van der Waals surface area contributed by atoms with Crippen molar-refractivity contribution in [3.63, 3.8) is 0 Å². The van der Waals surface area contributed by atoms with E-state index in [1.54, 1.807) is 6.08 Å². The number of fused-ring (bicyclic) bond motifs is 1. The van der Waals surface area contributed by atoms with Crippen molar-refractivity contribution in [3.05, 3.63) is 77.5 Å². The Bertz CT molecular complexity index is 1130. The Morgan fingerprint density at radius 1 is 0.966 bits per heavy atom. The van der Waals surface area contributed by atoms with Crippen LogP contribution in [0.25, 0.3) is 17.0 Å². The first kappa shape index (κ1) is 18.7. The molecular weight excluding hydrogens is 366 g/mol. The Morgan fingerprint density at radius 3 is 2.45 bits per heavy atom. The van der Waals surface area contributed by atoms with Crippen molar-refractivity contribution >= 4 is 34.8 Å². The van der Waals surface area contributed by atoms with Crippen LogP contribution in [0.4, 0.5) is 4.79 Å². The molecule has 0 atom stereocenters. The van der Waals surface area contributed by atoms with Crippen LogP contribution in [0.5, 0.6) is 0 Å². The Labute approximate surface area is 168 Å². The van der Waals surface area contributed by atoms with E-state index in [2.05, 4.69) is 9.88 Å². The van der Waals surface area contributed by atoms with Crippen LogP contribution in [0.15, 0.2) is 66.4 Å². The summed E-state index contributed by atoms with van der Waals surface area (Å²) in [5.74, 6) is -1.23. The van der Waals surface area contributed by atoms with E-state index in [1.165, 1.54) is 0 Å². The zero-order valence-corrected chi connectivity index (χ0v) is 16.1. The largest absolute Gasteiger partial charge is 0.347 e. The van der Waals surface area contributed by atoms with E-state index in [1.807, 2.05) is 67.7 Å². The van der Waals surface area contributed by atoms with Crippen LogP contribution in [0.1, 0.15) is 18.1 Å². The molecule has 2 heterocycles. The summed E-state index contributed by atoms with van der Waals surface area (Å²) in [4.78, 5) is 38.7. The third kappa shape index (κ3) is 3.57. The average Bonchev–Trinajstić information content (AvgIpc) is 3.09. The molecule has 0 spiro atoms. The van der Waals surface area contributed by atoms with Gasteiger partial charge in [-0.1, -0.05) is 48.5 Å². The number of para-hydroxylation sites is 1. The van der Waals surface area contributed by atoms with Crippen molar-refractivity contribution in [1.82, 2.24) is 14.8 Å². The number of hydrogen-bond donors (Lipinski definition) is 1. The van der Waals surface area contributed by atoms with E-state index in [-0.39, 0.29) is 12.1 Å². The SMILES string of the molecule is CCn1cc(/C=C2/C(=O)NC(=O)N(CCc3ccccc3)C2=O)c2ccccc21. The molecule has 1 aliphatic rings. The number of hydrogen-bond acceptors (Lipinski definition) is 3. The van der Waals surface area contributed by atoms with Crippen molar-refractivity contribution in [1.29, 1.82) is 0 Å². The third-order valence-electron chi connectivity index (χ3n) is 5.11. The van der Waals surface area contributed by atoms with Gasteiger partial charge in [0.05, 0.1) is 0 Å². The Morgan fingerprint density at radius 2 is 1.69 bits per heavy atom. The van der Waals surface area contributed by atoms with Gasteiger partial charge in [-0.2, -0.15) is 0 Å². The quantitative estimate of drug-likeness (QED) is 0.539. The maximum absolute atomic E-state index is 13.0. The number of carbonyl (C=O) groups excluding carboxylic acids is 3. The first-order chi connectivity index (χ1) is 14.1. The highest BCUT2D eigenvalue weighted by molar-refractivity contribution is 6.31. The fourth-order valence-corrected chi connectivity index (χ4v) is 3.59. The van der Waals surface area contributed by atoms with Crippen LogP contribution in [0.3, 0.4) is 0 Å².